The normalized spacial score (nSPS) is 17.6. The summed E-state index contributed by atoms with van der Waals surface area (Å²) in [5.41, 5.74) is 3.73. The number of anilines is 1. The summed E-state index contributed by atoms with van der Waals surface area (Å²) in [5.74, 6) is 0.745. The maximum absolute atomic E-state index is 14.1. The van der Waals surface area contributed by atoms with Gasteiger partial charge in [0.05, 0.1) is 18.3 Å². The van der Waals surface area contributed by atoms with E-state index < -0.39 is 0 Å². The Morgan fingerprint density at radius 3 is 2.86 bits per heavy atom. The van der Waals surface area contributed by atoms with Gasteiger partial charge in [-0.2, -0.15) is 0 Å². The van der Waals surface area contributed by atoms with Gasteiger partial charge in [-0.25, -0.2) is 4.39 Å². The zero-order valence-corrected chi connectivity index (χ0v) is 12.4. The van der Waals surface area contributed by atoms with E-state index in [9.17, 15) is 4.39 Å². The molecule has 0 radical (unpaired) electrons. The predicted octanol–water partition coefficient (Wildman–Crippen LogP) is 4.77. The molecule has 1 heterocycles. The van der Waals surface area contributed by atoms with Crippen LogP contribution < -0.4 is 10.1 Å². The molecule has 3 heteroatoms. The van der Waals surface area contributed by atoms with E-state index in [0.29, 0.717) is 12.3 Å². The van der Waals surface area contributed by atoms with Gasteiger partial charge >= 0.3 is 0 Å². The van der Waals surface area contributed by atoms with E-state index in [2.05, 4.69) is 11.4 Å². The average Bonchev–Trinajstić information content (AvgIpc) is 2.66. The number of benzene rings is 2. The number of nitrogens with one attached hydrogen (secondary N) is 1. The summed E-state index contributed by atoms with van der Waals surface area (Å²) < 4.78 is 19.9. The highest BCUT2D eigenvalue weighted by atomic mass is 19.1. The van der Waals surface area contributed by atoms with Gasteiger partial charge < -0.3 is 10.1 Å². The van der Waals surface area contributed by atoms with Crippen molar-refractivity contribution in [3.05, 3.63) is 58.9 Å². The minimum atomic E-state index is -0.200. The number of aryl methyl sites for hydroxylation is 2. The molecular formula is C18H20FNO. The van der Waals surface area contributed by atoms with Crippen LogP contribution in [0.4, 0.5) is 10.1 Å². The van der Waals surface area contributed by atoms with Crippen molar-refractivity contribution in [2.75, 3.05) is 11.9 Å². The summed E-state index contributed by atoms with van der Waals surface area (Å²) >= 11 is 0. The van der Waals surface area contributed by atoms with Gasteiger partial charge in [0.1, 0.15) is 11.6 Å². The molecular weight excluding hydrogens is 265 g/mol. The van der Waals surface area contributed by atoms with Crippen LogP contribution in [-0.4, -0.2) is 6.61 Å². The van der Waals surface area contributed by atoms with Crippen LogP contribution >= 0.6 is 0 Å². The first-order chi connectivity index (χ1) is 10.1. The number of fused-ring (bicyclic) bond motifs is 1. The van der Waals surface area contributed by atoms with Crippen molar-refractivity contribution in [1.29, 1.82) is 0 Å². The number of para-hydroxylation sites is 1. The number of hydrogen-bond acceptors (Lipinski definition) is 2. The molecule has 1 aliphatic heterocycles. The maximum atomic E-state index is 14.1. The molecule has 0 spiro atoms. The Morgan fingerprint density at radius 2 is 2.05 bits per heavy atom. The van der Waals surface area contributed by atoms with Crippen molar-refractivity contribution >= 4 is 5.69 Å². The second kappa shape index (κ2) is 5.76. The fourth-order valence-corrected chi connectivity index (χ4v) is 2.84. The first-order valence-electron chi connectivity index (χ1n) is 7.40. The molecule has 1 atom stereocenters. The smallest absolute Gasteiger partial charge is 0.146 e. The quantitative estimate of drug-likeness (QED) is 0.858. The van der Waals surface area contributed by atoms with Crippen LogP contribution in [0.1, 0.15) is 35.6 Å². The molecule has 0 aliphatic carbocycles. The Hall–Kier alpha value is -2.03. The van der Waals surface area contributed by atoms with Gasteiger partial charge in [-0.15, -0.1) is 0 Å². The van der Waals surface area contributed by atoms with Gasteiger partial charge in [-0.05, 0) is 49.9 Å². The van der Waals surface area contributed by atoms with Crippen molar-refractivity contribution in [2.24, 2.45) is 0 Å². The first-order valence-corrected chi connectivity index (χ1v) is 7.40. The molecule has 3 rings (SSSR count). The molecule has 21 heavy (non-hydrogen) atoms. The standard InChI is InChI=1S/C18H20FNO/c1-12-8-9-17(15(19)11-12)20-16-7-4-10-21-18-13(2)5-3-6-14(16)18/h3,5-6,8-9,11,16,20H,4,7,10H2,1-2H3. The second-order valence-corrected chi connectivity index (χ2v) is 5.66. The Bertz CT molecular complexity index is 654. The third kappa shape index (κ3) is 2.87. The summed E-state index contributed by atoms with van der Waals surface area (Å²) in [7, 11) is 0. The summed E-state index contributed by atoms with van der Waals surface area (Å²) in [4.78, 5) is 0. The largest absolute Gasteiger partial charge is 0.493 e. The van der Waals surface area contributed by atoms with Crippen LogP contribution in [0.3, 0.4) is 0 Å². The fourth-order valence-electron chi connectivity index (χ4n) is 2.84. The molecule has 1 N–H and O–H groups in total. The van der Waals surface area contributed by atoms with E-state index in [1.54, 1.807) is 6.07 Å². The lowest BCUT2D eigenvalue weighted by molar-refractivity contribution is 0.314. The number of rotatable bonds is 2. The zero-order chi connectivity index (χ0) is 14.8. The summed E-state index contributed by atoms with van der Waals surface area (Å²) in [6.45, 7) is 4.66. The molecule has 0 saturated heterocycles. The lowest BCUT2D eigenvalue weighted by Crippen LogP contribution is -2.11. The van der Waals surface area contributed by atoms with Gasteiger partial charge in [0.15, 0.2) is 0 Å². The highest BCUT2D eigenvalue weighted by Crippen LogP contribution is 2.36. The summed E-state index contributed by atoms with van der Waals surface area (Å²) in [6.07, 6.45) is 1.89. The Kier molecular flexibility index (Phi) is 3.82. The highest BCUT2D eigenvalue weighted by molar-refractivity contribution is 5.51. The lowest BCUT2D eigenvalue weighted by atomic mass is 9.99. The third-order valence-electron chi connectivity index (χ3n) is 3.96. The monoisotopic (exact) mass is 285 g/mol. The van der Waals surface area contributed by atoms with Gasteiger partial charge in [0.25, 0.3) is 0 Å². The number of halogens is 1. The van der Waals surface area contributed by atoms with Crippen molar-refractivity contribution in [3.8, 4) is 5.75 Å². The maximum Gasteiger partial charge on any atom is 0.146 e. The SMILES string of the molecule is Cc1ccc(NC2CCCOc3c(C)cccc32)c(F)c1. The van der Waals surface area contributed by atoms with Gasteiger partial charge in [-0.1, -0.05) is 24.3 Å². The summed E-state index contributed by atoms with van der Waals surface area (Å²) in [6, 6.07) is 11.5. The van der Waals surface area contributed by atoms with E-state index in [-0.39, 0.29) is 11.9 Å². The zero-order valence-electron chi connectivity index (χ0n) is 12.4. The van der Waals surface area contributed by atoms with E-state index in [1.165, 1.54) is 0 Å². The molecule has 0 bridgehead atoms. The van der Waals surface area contributed by atoms with Crippen LogP contribution in [0.25, 0.3) is 0 Å². The lowest BCUT2D eigenvalue weighted by Gasteiger charge is -2.21. The van der Waals surface area contributed by atoms with Crippen LogP contribution in [0.2, 0.25) is 0 Å². The number of hydrogen-bond donors (Lipinski definition) is 1. The van der Waals surface area contributed by atoms with Crippen LogP contribution in [0.5, 0.6) is 5.75 Å². The van der Waals surface area contributed by atoms with E-state index in [0.717, 1.165) is 35.3 Å². The molecule has 0 fully saturated rings. The molecule has 0 saturated carbocycles. The summed E-state index contributed by atoms with van der Waals surface area (Å²) in [5, 5.41) is 3.34. The topological polar surface area (TPSA) is 21.3 Å². The Labute approximate surface area is 125 Å². The van der Waals surface area contributed by atoms with E-state index in [4.69, 9.17) is 4.74 Å². The van der Waals surface area contributed by atoms with Crippen molar-refractivity contribution in [2.45, 2.75) is 32.7 Å². The van der Waals surface area contributed by atoms with Crippen molar-refractivity contribution in [3.63, 3.8) is 0 Å². The Balaban J connectivity index is 1.94. The molecule has 0 amide bonds. The molecule has 1 aliphatic rings. The second-order valence-electron chi connectivity index (χ2n) is 5.66. The van der Waals surface area contributed by atoms with Crippen LogP contribution in [0.15, 0.2) is 36.4 Å². The fraction of sp³-hybridized carbons (Fsp3) is 0.333. The van der Waals surface area contributed by atoms with Crippen molar-refractivity contribution < 1.29 is 9.13 Å². The minimum absolute atomic E-state index is 0.0830. The minimum Gasteiger partial charge on any atom is -0.493 e. The molecule has 110 valence electrons. The van der Waals surface area contributed by atoms with Crippen LogP contribution in [0, 0.1) is 19.7 Å². The van der Waals surface area contributed by atoms with E-state index >= 15 is 0 Å². The predicted molar refractivity (Wildman–Crippen MR) is 83.4 cm³/mol. The highest BCUT2D eigenvalue weighted by Gasteiger charge is 2.21. The molecule has 2 aromatic rings. The number of ether oxygens (including phenoxy) is 1. The van der Waals surface area contributed by atoms with E-state index in [1.807, 2.05) is 38.1 Å². The average molecular weight is 285 g/mol. The first kappa shape index (κ1) is 13.9. The van der Waals surface area contributed by atoms with Gasteiger partial charge in [0, 0.05) is 5.56 Å². The van der Waals surface area contributed by atoms with Crippen LogP contribution in [-0.2, 0) is 0 Å². The molecule has 0 aromatic heterocycles. The molecule has 2 nitrogen and oxygen atoms in total. The molecule has 1 unspecified atom stereocenters. The molecule has 2 aromatic carbocycles. The third-order valence-corrected chi connectivity index (χ3v) is 3.96. The Morgan fingerprint density at radius 1 is 1.19 bits per heavy atom. The van der Waals surface area contributed by atoms with Gasteiger partial charge in [0.2, 0.25) is 0 Å². The van der Waals surface area contributed by atoms with Crippen molar-refractivity contribution in [1.82, 2.24) is 0 Å². The van der Waals surface area contributed by atoms with Gasteiger partial charge in [-0.3, -0.25) is 0 Å².